The lowest BCUT2D eigenvalue weighted by Crippen LogP contribution is -2.00. The Morgan fingerprint density at radius 2 is 2.44 bits per heavy atom. The van der Waals surface area contributed by atoms with Crippen LogP contribution in [0.1, 0.15) is 12.5 Å². The molecule has 0 aliphatic heterocycles. The Morgan fingerprint density at radius 3 is 3.06 bits per heavy atom. The molecule has 1 aromatic rings. The molecule has 16 heavy (non-hydrogen) atoms. The van der Waals surface area contributed by atoms with Crippen LogP contribution >= 0.6 is 11.6 Å². The van der Waals surface area contributed by atoms with Crippen molar-refractivity contribution in [2.24, 2.45) is 0 Å². The van der Waals surface area contributed by atoms with E-state index in [2.05, 4.69) is 9.72 Å². The SMILES string of the molecule is CCOC(=O)C=Cc1cnc(Cl)c(F)c1N. The maximum absolute atomic E-state index is 13.2. The second-order valence-electron chi connectivity index (χ2n) is 2.82. The van der Waals surface area contributed by atoms with Gasteiger partial charge in [0.1, 0.15) is 0 Å². The average molecular weight is 245 g/mol. The van der Waals surface area contributed by atoms with Crippen LogP contribution in [0.4, 0.5) is 10.1 Å². The number of ether oxygens (including phenoxy) is 1. The highest BCUT2D eigenvalue weighted by molar-refractivity contribution is 6.29. The van der Waals surface area contributed by atoms with Gasteiger partial charge in [-0.2, -0.15) is 0 Å². The molecule has 0 fully saturated rings. The van der Waals surface area contributed by atoms with Crippen LogP contribution < -0.4 is 5.73 Å². The van der Waals surface area contributed by atoms with Crippen LogP contribution in [0.5, 0.6) is 0 Å². The first-order chi connectivity index (χ1) is 7.56. The van der Waals surface area contributed by atoms with E-state index in [-0.39, 0.29) is 23.0 Å². The number of carbonyl (C=O) groups is 1. The number of hydrogen-bond donors (Lipinski definition) is 1. The van der Waals surface area contributed by atoms with Crippen LogP contribution in [0, 0.1) is 5.82 Å². The predicted molar refractivity (Wildman–Crippen MR) is 59.3 cm³/mol. The van der Waals surface area contributed by atoms with Gasteiger partial charge in [0.25, 0.3) is 0 Å². The standard InChI is InChI=1S/C10H10ClFN2O2/c1-2-16-7(15)4-3-6-5-14-10(11)8(12)9(6)13/h3-5H,2H2,1H3,(H2,13,14). The monoisotopic (exact) mass is 244 g/mol. The molecule has 1 heterocycles. The minimum Gasteiger partial charge on any atom is -0.463 e. The van der Waals surface area contributed by atoms with Crippen LogP contribution in [-0.4, -0.2) is 17.6 Å². The molecule has 0 spiro atoms. The second-order valence-corrected chi connectivity index (χ2v) is 3.18. The zero-order valence-corrected chi connectivity index (χ0v) is 9.29. The van der Waals surface area contributed by atoms with E-state index in [0.29, 0.717) is 0 Å². The fourth-order valence-electron chi connectivity index (χ4n) is 0.971. The molecule has 0 amide bonds. The van der Waals surface area contributed by atoms with Gasteiger partial charge in [0.05, 0.1) is 12.3 Å². The Hall–Kier alpha value is -1.62. The van der Waals surface area contributed by atoms with Crippen molar-refractivity contribution in [3.8, 4) is 0 Å². The lowest BCUT2D eigenvalue weighted by molar-refractivity contribution is -0.137. The molecule has 86 valence electrons. The van der Waals surface area contributed by atoms with E-state index in [1.165, 1.54) is 12.3 Å². The topological polar surface area (TPSA) is 65.2 Å². The highest BCUT2D eigenvalue weighted by Crippen LogP contribution is 2.22. The summed E-state index contributed by atoms with van der Waals surface area (Å²) < 4.78 is 17.8. The minimum absolute atomic E-state index is 0.152. The average Bonchev–Trinajstić information content (AvgIpc) is 2.25. The number of nitrogens with zero attached hydrogens (tertiary/aromatic N) is 1. The maximum atomic E-state index is 13.2. The van der Waals surface area contributed by atoms with Crippen molar-refractivity contribution in [3.63, 3.8) is 0 Å². The number of nitrogen functional groups attached to an aromatic ring is 1. The Labute approximate surface area is 96.9 Å². The smallest absolute Gasteiger partial charge is 0.330 e. The number of aromatic nitrogens is 1. The first kappa shape index (κ1) is 12.4. The summed E-state index contributed by atoms with van der Waals surface area (Å²) in [6.45, 7) is 1.95. The summed E-state index contributed by atoms with van der Waals surface area (Å²) in [5.74, 6) is -1.33. The van der Waals surface area contributed by atoms with Gasteiger partial charge in [-0.3, -0.25) is 0 Å². The lowest BCUT2D eigenvalue weighted by Gasteiger charge is -2.02. The molecule has 0 aliphatic carbocycles. The van der Waals surface area contributed by atoms with E-state index >= 15 is 0 Å². The van der Waals surface area contributed by atoms with Gasteiger partial charge in [-0.25, -0.2) is 14.2 Å². The summed E-state index contributed by atoms with van der Waals surface area (Å²) in [6, 6.07) is 0. The number of halogens is 2. The van der Waals surface area contributed by atoms with Crippen molar-refractivity contribution in [3.05, 3.63) is 28.8 Å². The van der Waals surface area contributed by atoms with Crippen molar-refractivity contribution in [1.82, 2.24) is 4.98 Å². The van der Waals surface area contributed by atoms with Crippen LogP contribution in [0.2, 0.25) is 5.15 Å². The molecule has 0 saturated heterocycles. The van der Waals surface area contributed by atoms with E-state index in [1.54, 1.807) is 6.92 Å². The molecule has 4 nitrogen and oxygen atoms in total. The molecule has 0 bridgehead atoms. The van der Waals surface area contributed by atoms with Crippen molar-refractivity contribution < 1.29 is 13.9 Å². The van der Waals surface area contributed by atoms with Crippen molar-refractivity contribution in [2.75, 3.05) is 12.3 Å². The Balaban J connectivity index is 2.90. The van der Waals surface area contributed by atoms with Crippen molar-refractivity contribution >= 4 is 29.3 Å². The molecular weight excluding hydrogens is 235 g/mol. The normalized spacial score (nSPS) is 10.7. The number of esters is 1. The molecule has 0 aliphatic rings. The van der Waals surface area contributed by atoms with Gasteiger partial charge in [0.15, 0.2) is 11.0 Å². The number of carbonyl (C=O) groups excluding carboxylic acids is 1. The highest BCUT2D eigenvalue weighted by atomic mass is 35.5. The maximum Gasteiger partial charge on any atom is 0.330 e. The molecular formula is C10H10ClFN2O2. The first-order valence-electron chi connectivity index (χ1n) is 4.50. The third kappa shape index (κ3) is 2.93. The zero-order chi connectivity index (χ0) is 12.1. The molecule has 0 saturated carbocycles. The summed E-state index contributed by atoms with van der Waals surface area (Å²) in [5.41, 5.74) is 5.56. The molecule has 0 radical (unpaired) electrons. The van der Waals surface area contributed by atoms with Gasteiger partial charge in [-0.1, -0.05) is 11.6 Å². The number of rotatable bonds is 3. The summed E-state index contributed by atoms with van der Waals surface area (Å²) in [4.78, 5) is 14.6. The van der Waals surface area contributed by atoms with Gasteiger partial charge in [0, 0.05) is 17.8 Å². The van der Waals surface area contributed by atoms with Gasteiger partial charge in [-0.15, -0.1) is 0 Å². The Bertz CT molecular complexity index is 435. The quantitative estimate of drug-likeness (QED) is 0.502. The van der Waals surface area contributed by atoms with Gasteiger partial charge in [0.2, 0.25) is 0 Å². The van der Waals surface area contributed by atoms with Crippen molar-refractivity contribution in [1.29, 1.82) is 0 Å². The fourth-order valence-corrected chi connectivity index (χ4v) is 1.12. The molecule has 0 aromatic carbocycles. The third-order valence-electron chi connectivity index (χ3n) is 1.73. The van der Waals surface area contributed by atoms with Crippen LogP contribution in [0.15, 0.2) is 12.3 Å². The number of nitrogens with two attached hydrogens (primary N) is 1. The molecule has 0 unspecified atom stereocenters. The Kier molecular flexibility index (Phi) is 4.25. The number of hydrogen-bond acceptors (Lipinski definition) is 4. The highest BCUT2D eigenvalue weighted by Gasteiger charge is 2.08. The zero-order valence-electron chi connectivity index (χ0n) is 8.54. The molecule has 0 atom stereocenters. The van der Waals surface area contributed by atoms with Crippen LogP contribution in [0.3, 0.4) is 0 Å². The number of pyridine rings is 1. The molecule has 1 rings (SSSR count). The van der Waals surface area contributed by atoms with Crippen LogP contribution in [0.25, 0.3) is 6.08 Å². The Morgan fingerprint density at radius 1 is 1.75 bits per heavy atom. The predicted octanol–water partition coefficient (Wildman–Crippen LogP) is 2.03. The second kappa shape index (κ2) is 5.46. The summed E-state index contributed by atoms with van der Waals surface area (Å²) >= 11 is 5.42. The van der Waals surface area contributed by atoms with Gasteiger partial charge < -0.3 is 10.5 Å². The van der Waals surface area contributed by atoms with Gasteiger partial charge >= 0.3 is 5.97 Å². The first-order valence-corrected chi connectivity index (χ1v) is 4.88. The third-order valence-corrected chi connectivity index (χ3v) is 1.99. The van der Waals surface area contributed by atoms with E-state index in [1.807, 2.05) is 0 Å². The minimum atomic E-state index is -0.798. The van der Waals surface area contributed by atoms with Gasteiger partial charge in [-0.05, 0) is 13.0 Å². The van der Waals surface area contributed by atoms with Crippen LogP contribution in [-0.2, 0) is 9.53 Å². The van der Waals surface area contributed by atoms with E-state index in [4.69, 9.17) is 17.3 Å². The van der Waals surface area contributed by atoms with E-state index in [0.717, 1.165) is 6.08 Å². The van der Waals surface area contributed by atoms with Crippen molar-refractivity contribution in [2.45, 2.75) is 6.92 Å². The fraction of sp³-hybridized carbons (Fsp3) is 0.200. The van der Waals surface area contributed by atoms with E-state index in [9.17, 15) is 9.18 Å². The largest absolute Gasteiger partial charge is 0.463 e. The molecule has 1 aromatic heterocycles. The number of anilines is 1. The van der Waals surface area contributed by atoms with E-state index < -0.39 is 11.8 Å². The molecule has 6 heteroatoms. The lowest BCUT2D eigenvalue weighted by atomic mass is 10.2. The summed E-state index contributed by atoms with van der Waals surface area (Å²) in [7, 11) is 0. The summed E-state index contributed by atoms with van der Waals surface area (Å²) in [6.07, 6.45) is 3.74. The molecule has 2 N–H and O–H groups in total. The summed E-state index contributed by atoms with van der Waals surface area (Å²) in [5, 5.41) is -0.300.